The normalized spacial score (nSPS) is 10.5. The molecule has 0 amide bonds. The first kappa shape index (κ1) is 13.3. The van der Waals surface area contributed by atoms with Gasteiger partial charge in [-0.1, -0.05) is 17.7 Å². The lowest BCUT2D eigenvalue weighted by Crippen LogP contribution is -2.07. The van der Waals surface area contributed by atoms with E-state index in [1.165, 1.54) is 5.56 Å². The molecule has 0 aliphatic carbocycles. The molecule has 3 heteroatoms. The fourth-order valence-corrected chi connectivity index (χ4v) is 1.77. The number of nitrogen functional groups attached to an aromatic ring is 1. The van der Waals surface area contributed by atoms with Gasteiger partial charge in [0.25, 0.3) is 0 Å². The molecule has 3 N–H and O–H groups in total. The van der Waals surface area contributed by atoms with E-state index in [9.17, 15) is 0 Å². The Kier molecular flexibility index (Phi) is 3.95. The van der Waals surface area contributed by atoms with Gasteiger partial charge in [-0.25, -0.2) is 0 Å². The molecule has 0 atom stereocenters. The second-order valence-electron chi connectivity index (χ2n) is 4.91. The second kappa shape index (κ2) is 5.65. The Labute approximate surface area is 114 Å². The van der Waals surface area contributed by atoms with E-state index in [1.807, 2.05) is 32.0 Å². The molecule has 0 unspecified atom stereocenters. The highest BCUT2D eigenvalue weighted by Gasteiger charge is 2.04. The van der Waals surface area contributed by atoms with Gasteiger partial charge in [-0.15, -0.1) is 0 Å². The summed E-state index contributed by atoms with van der Waals surface area (Å²) in [5, 5.41) is 3.34. The predicted molar refractivity (Wildman–Crippen MR) is 81.1 cm³/mol. The van der Waals surface area contributed by atoms with Crippen LogP contribution in [-0.4, -0.2) is 6.10 Å². The van der Waals surface area contributed by atoms with Gasteiger partial charge in [-0.3, -0.25) is 0 Å². The van der Waals surface area contributed by atoms with Gasteiger partial charge in [-0.2, -0.15) is 0 Å². The van der Waals surface area contributed by atoms with E-state index >= 15 is 0 Å². The van der Waals surface area contributed by atoms with Crippen molar-refractivity contribution in [3.8, 4) is 5.75 Å². The van der Waals surface area contributed by atoms with Crippen molar-refractivity contribution in [1.29, 1.82) is 0 Å². The Balaban J connectivity index is 2.18. The van der Waals surface area contributed by atoms with Crippen LogP contribution in [0.4, 0.5) is 17.1 Å². The summed E-state index contributed by atoms with van der Waals surface area (Å²) in [6.07, 6.45) is 0.108. The molecule has 0 radical (unpaired) electrons. The maximum absolute atomic E-state index is 5.90. The molecule has 0 spiro atoms. The lowest BCUT2D eigenvalue weighted by molar-refractivity contribution is 0.244. The van der Waals surface area contributed by atoms with Gasteiger partial charge >= 0.3 is 0 Å². The lowest BCUT2D eigenvalue weighted by Gasteiger charge is -2.14. The molecule has 0 saturated heterocycles. The predicted octanol–water partition coefficient (Wildman–Crippen LogP) is 4.11. The monoisotopic (exact) mass is 256 g/mol. The van der Waals surface area contributed by atoms with Crippen molar-refractivity contribution in [3.63, 3.8) is 0 Å². The fraction of sp³-hybridized carbons (Fsp3) is 0.250. The minimum atomic E-state index is 0.108. The molecule has 2 rings (SSSR count). The SMILES string of the molecule is Cc1ccc(Nc2ccc(N)c(OC(C)C)c2)cc1. The zero-order valence-electron chi connectivity index (χ0n) is 11.6. The molecule has 0 heterocycles. The van der Waals surface area contributed by atoms with E-state index < -0.39 is 0 Å². The molecule has 2 aromatic carbocycles. The number of anilines is 3. The number of ether oxygens (including phenoxy) is 1. The topological polar surface area (TPSA) is 47.3 Å². The molecule has 100 valence electrons. The number of benzene rings is 2. The standard InChI is InChI=1S/C16H20N2O/c1-11(2)19-16-10-14(8-9-15(16)17)18-13-6-4-12(3)5-7-13/h4-11,18H,17H2,1-3H3. The van der Waals surface area contributed by atoms with Crippen LogP contribution >= 0.6 is 0 Å². The van der Waals surface area contributed by atoms with Gasteiger partial charge in [0.05, 0.1) is 11.8 Å². The maximum atomic E-state index is 5.90. The summed E-state index contributed by atoms with van der Waals surface area (Å²) >= 11 is 0. The van der Waals surface area contributed by atoms with Gasteiger partial charge < -0.3 is 15.8 Å². The third kappa shape index (κ3) is 3.65. The Bertz CT molecular complexity index is 547. The minimum Gasteiger partial charge on any atom is -0.489 e. The van der Waals surface area contributed by atoms with Crippen LogP contribution in [0, 0.1) is 6.92 Å². The molecule has 0 aliphatic heterocycles. The van der Waals surface area contributed by atoms with Crippen LogP contribution in [0.15, 0.2) is 42.5 Å². The molecular weight excluding hydrogens is 236 g/mol. The molecule has 0 fully saturated rings. The summed E-state index contributed by atoms with van der Waals surface area (Å²) in [4.78, 5) is 0. The van der Waals surface area contributed by atoms with Crippen molar-refractivity contribution in [2.75, 3.05) is 11.1 Å². The van der Waals surface area contributed by atoms with Crippen LogP contribution in [-0.2, 0) is 0 Å². The van der Waals surface area contributed by atoms with Crippen molar-refractivity contribution in [2.24, 2.45) is 0 Å². The summed E-state index contributed by atoms with van der Waals surface area (Å²) in [5.41, 5.74) is 9.81. The van der Waals surface area contributed by atoms with E-state index in [4.69, 9.17) is 10.5 Å². The zero-order chi connectivity index (χ0) is 13.8. The van der Waals surface area contributed by atoms with E-state index in [0.717, 1.165) is 11.4 Å². The Morgan fingerprint density at radius 2 is 1.63 bits per heavy atom. The summed E-state index contributed by atoms with van der Waals surface area (Å²) < 4.78 is 5.68. The van der Waals surface area contributed by atoms with Crippen LogP contribution in [0.3, 0.4) is 0 Å². The number of nitrogens with two attached hydrogens (primary N) is 1. The maximum Gasteiger partial charge on any atom is 0.144 e. The van der Waals surface area contributed by atoms with E-state index in [1.54, 1.807) is 0 Å². The van der Waals surface area contributed by atoms with Crippen molar-refractivity contribution in [1.82, 2.24) is 0 Å². The van der Waals surface area contributed by atoms with Gasteiger partial charge in [0.1, 0.15) is 5.75 Å². The van der Waals surface area contributed by atoms with Gasteiger partial charge in [0, 0.05) is 17.4 Å². The van der Waals surface area contributed by atoms with Crippen LogP contribution in [0.25, 0.3) is 0 Å². The number of aryl methyl sites for hydroxylation is 1. The van der Waals surface area contributed by atoms with Crippen molar-refractivity contribution >= 4 is 17.1 Å². The molecule has 19 heavy (non-hydrogen) atoms. The van der Waals surface area contributed by atoms with Crippen LogP contribution in [0.1, 0.15) is 19.4 Å². The van der Waals surface area contributed by atoms with Crippen molar-refractivity contribution in [2.45, 2.75) is 26.9 Å². The van der Waals surface area contributed by atoms with Gasteiger partial charge in [-0.05, 0) is 45.0 Å². The number of nitrogens with one attached hydrogen (secondary N) is 1. The van der Waals surface area contributed by atoms with E-state index in [0.29, 0.717) is 11.4 Å². The number of rotatable bonds is 4. The Hall–Kier alpha value is -2.16. The first-order valence-corrected chi connectivity index (χ1v) is 6.44. The molecule has 0 aliphatic rings. The average Bonchev–Trinajstić information content (AvgIpc) is 2.36. The Morgan fingerprint density at radius 1 is 1.00 bits per heavy atom. The highest BCUT2D eigenvalue weighted by atomic mass is 16.5. The van der Waals surface area contributed by atoms with Crippen molar-refractivity contribution in [3.05, 3.63) is 48.0 Å². The van der Waals surface area contributed by atoms with Gasteiger partial charge in [0.2, 0.25) is 0 Å². The van der Waals surface area contributed by atoms with Crippen LogP contribution in [0.2, 0.25) is 0 Å². The third-order valence-electron chi connectivity index (χ3n) is 2.72. The first-order chi connectivity index (χ1) is 9.04. The number of hydrogen-bond donors (Lipinski definition) is 2. The zero-order valence-corrected chi connectivity index (χ0v) is 11.6. The molecule has 2 aromatic rings. The molecular formula is C16H20N2O. The van der Waals surface area contributed by atoms with Crippen molar-refractivity contribution < 1.29 is 4.74 Å². The quantitative estimate of drug-likeness (QED) is 0.809. The van der Waals surface area contributed by atoms with Gasteiger partial charge in [0.15, 0.2) is 0 Å². The Morgan fingerprint density at radius 3 is 2.26 bits per heavy atom. The molecule has 0 saturated carbocycles. The minimum absolute atomic E-state index is 0.108. The summed E-state index contributed by atoms with van der Waals surface area (Å²) in [7, 11) is 0. The number of hydrogen-bond acceptors (Lipinski definition) is 3. The molecule has 3 nitrogen and oxygen atoms in total. The third-order valence-corrected chi connectivity index (χ3v) is 2.72. The molecule has 0 aromatic heterocycles. The summed E-state index contributed by atoms with van der Waals surface area (Å²) in [6, 6.07) is 14.0. The van der Waals surface area contributed by atoms with E-state index in [-0.39, 0.29) is 6.10 Å². The second-order valence-corrected chi connectivity index (χ2v) is 4.91. The largest absolute Gasteiger partial charge is 0.489 e. The smallest absolute Gasteiger partial charge is 0.144 e. The highest BCUT2D eigenvalue weighted by molar-refractivity contribution is 5.66. The molecule has 0 bridgehead atoms. The fourth-order valence-electron chi connectivity index (χ4n) is 1.77. The highest BCUT2D eigenvalue weighted by Crippen LogP contribution is 2.28. The first-order valence-electron chi connectivity index (χ1n) is 6.44. The lowest BCUT2D eigenvalue weighted by atomic mass is 10.2. The van der Waals surface area contributed by atoms with E-state index in [2.05, 4.69) is 36.5 Å². The summed E-state index contributed by atoms with van der Waals surface area (Å²) in [5.74, 6) is 0.715. The van der Waals surface area contributed by atoms with Crippen LogP contribution in [0.5, 0.6) is 5.75 Å². The summed E-state index contributed by atoms with van der Waals surface area (Å²) in [6.45, 7) is 6.04. The van der Waals surface area contributed by atoms with Crippen LogP contribution < -0.4 is 15.8 Å². The average molecular weight is 256 g/mol.